The average Bonchev–Trinajstić information content (AvgIpc) is 3.02. The van der Waals surface area contributed by atoms with Gasteiger partial charge in [0.25, 0.3) is 0 Å². The van der Waals surface area contributed by atoms with Crippen molar-refractivity contribution in [3.63, 3.8) is 0 Å². The predicted molar refractivity (Wildman–Crippen MR) is 70.6 cm³/mol. The molecule has 2 atom stereocenters. The molecule has 1 saturated carbocycles. The molecule has 0 heterocycles. The molecule has 16 heavy (non-hydrogen) atoms. The van der Waals surface area contributed by atoms with Gasteiger partial charge in [0.05, 0.1) is 0 Å². The molecule has 0 aliphatic heterocycles. The number of hydrogen-bond acceptors (Lipinski definition) is 1. The van der Waals surface area contributed by atoms with Gasteiger partial charge < -0.3 is 5.32 Å². The van der Waals surface area contributed by atoms with Crippen LogP contribution in [0.3, 0.4) is 0 Å². The molecule has 0 saturated heterocycles. The monoisotopic (exact) mass is 279 g/mol. The van der Waals surface area contributed by atoms with Crippen molar-refractivity contribution in [2.45, 2.75) is 38.1 Å². The number of rotatable bonds is 3. The Morgan fingerprint density at radius 1 is 1.38 bits per heavy atom. The van der Waals surface area contributed by atoms with E-state index in [-0.39, 0.29) is 0 Å². The number of nitrogens with one attached hydrogen (secondary N) is 1. The Labute approximate surface area is 106 Å². The zero-order chi connectivity index (χ0) is 11.1. The lowest BCUT2D eigenvalue weighted by Gasteiger charge is -2.13. The first kappa shape index (κ1) is 10.8. The normalized spacial score (nSPS) is 28.1. The molecule has 2 aliphatic rings. The Bertz CT molecular complexity index is 398. The number of fused-ring (bicyclic) bond motifs is 1. The second-order valence-electron chi connectivity index (χ2n) is 5.28. The SMILES string of the molecule is CC1CC(NCC2CC2)c2cccc(Br)c21. The van der Waals surface area contributed by atoms with E-state index in [1.807, 2.05) is 0 Å². The second-order valence-corrected chi connectivity index (χ2v) is 6.14. The molecule has 2 heteroatoms. The molecule has 0 amide bonds. The zero-order valence-electron chi connectivity index (χ0n) is 9.67. The minimum atomic E-state index is 0.586. The topological polar surface area (TPSA) is 12.0 Å². The van der Waals surface area contributed by atoms with Gasteiger partial charge in [-0.25, -0.2) is 0 Å². The first-order valence-corrected chi connectivity index (χ1v) is 7.06. The van der Waals surface area contributed by atoms with E-state index in [0.29, 0.717) is 12.0 Å². The molecule has 1 nitrogen and oxygen atoms in total. The lowest BCUT2D eigenvalue weighted by atomic mass is 10.0. The molecule has 1 aromatic carbocycles. The van der Waals surface area contributed by atoms with Crippen molar-refractivity contribution in [1.82, 2.24) is 5.32 Å². The lowest BCUT2D eigenvalue weighted by Crippen LogP contribution is -2.21. The van der Waals surface area contributed by atoms with Crippen molar-refractivity contribution >= 4 is 15.9 Å². The van der Waals surface area contributed by atoms with Crippen molar-refractivity contribution in [2.24, 2.45) is 5.92 Å². The molecule has 2 aliphatic carbocycles. The van der Waals surface area contributed by atoms with E-state index >= 15 is 0 Å². The molecule has 1 fully saturated rings. The average molecular weight is 280 g/mol. The molecule has 0 bridgehead atoms. The van der Waals surface area contributed by atoms with E-state index < -0.39 is 0 Å². The highest BCUT2D eigenvalue weighted by atomic mass is 79.9. The summed E-state index contributed by atoms with van der Waals surface area (Å²) in [5.74, 6) is 1.65. The molecule has 0 radical (unpaired) electrons. The van der Waals surface area contributed by atoms with E-state index in [2.05, 4.69) is 46.4 Å². The molecule has 86 valence electrons. The Kier molecular flexibility index (Phi) is 2.80. The van der Waals surface area contributed by atoms with Crippen LogP contribution >= 0.6 is 15.9 Å². The van der Waals surface area contributed by atoms with Gasteiger partial charge in [-0.2, -0.15) is 0 Å². The van der Waals surface area contributed by atoms with Crippen molar-refractivity contribution in [1.29, 1.82) is 0 Å². The van der Waals surface area contributed by atoms with E-state index in [1.54, 1.807) is 0 Å². The summed E-state index contributed by atoms with van der Waals surface area (Å²) in [7, 11) is 0. The fourth-order valence-corrected chi connectivity index (χ4v) is 3.57. The summed E-state index contributed by atoms with van der Waals surface area (Å²) in [6.07, 6.45) is 4.12. The van der Waals surface area contributed by atoms with Gasteiger partial charge >= 0.3 is 0 Å². The van der Waals surface area contributed by atoms with E-state index in [4.69, 9.17) is 0 Å². The minimum absolute atomic E-state index is 0.586. The first-order valence-electron chi connectivity index (χ1n) is 6.27. The third-order valence-electron chi connectivity index (χ3n) is 3.89. The maximum atomic E-state index is 3.74. The lowest BCUT2D eigenvalue weighted by molar-refractivity contribution is 0.491. The van der Waals surface area contributed by atoms with Gasteiger partial charge in [0, 0.05) is 10.5 Å². The standard InChI is InChI=1S/C14H18BrN/c1-9-7-13(16-8-10-5-6-10)11-3-2-4-12(15)14(9)11/h2-4,9-10,13,16H,5-8H2,1H3. The van der Waals surface area contributed by atoms with Crippen molar-refractivity contribution in [3.8, 4) is 0 Å². The van der Waals surface area contributed by atoms with Crippen LogP contribution in [-0.2, 0) is 0 Å². The highest BCUT2D eigenvalue weighted by Gasteiger charge is 2.31. The molecule has 0 aromatic heterocycles. The van der Waals surface area contributed by atoms with Crippen LogP contribution in [-0.4, -0.2) is 6.54 Å². The second kappa shape index (κ2) is 4.15. The van der Waals surface area contributed by atoms with E-state index in [1.165, 1.54) is 41.4 Å². The number of halogens is 1. The van der Waals surface area contributed by atoms with E-state index in [9.17, 15) is 0 Å². The molecule has 1 aromatic rings. The van der Waals surface area contributed by atoms with Crippen LogP contribution in [0.15, 0.2) is 22.7 Å². The molecular formula is C14H18BrN. The molecule has 2 unspecified atom stereocenters. The molecular weight excluding hydrogens is 262 g/mol. The summed E-state index contributed by atoms with van der Waals surface area (Å²) in [6.45, 7) is 3.55. The summed E-state index contributed by atoms with van der Waals surface area (Å²) >= 11 is 3.68. The predicted octanol–water partition coefficient (Wildman–Crippen LogP) is 4.00. The van der Waals surface area contributed by atoms with Crippen LogP contribution in [0, 0.1) is 5.92 Å². The van der Waals surface area contributed by atoms with E-state index in [0.717, 1.165) is 5.92 Å². The Morgan fingerprint density at radius 2 is 2.19 bits per heavy atom. The largest absolute Gasteiger partial charge is 0.310 e. The van der Waals surface area contributed by atoms with Crippen molar-refractivity contribution < 1.29 is 0 Å². The molecule has 0 spiro atoms. The minimum Gasteiger partial charge on any atom is -0.310 e. The summed E-state index contributed by atoms with van der Waals surface area (Å²) in [5, 5.41) is 3.74. The Balaban J connectivity index is 1.80. The van der Waals surface area contributed by atoms with Crippen LogP contribution in [0.5, 0.6) is 0 Å². The quantitative estimate of drug-likeness (QED) is 0.882. The third-order valence-corrected chi connectivity index (χ3v) is 4.59. The molecule has 3 rings (SSSR count). The Morgan fingerprint density at radius 3 is 2.94 bits per heavy atom. The number of benzene rings is 1. The van der Waals surface area contributed by atoms with Gasteiger partial charge in [0.15, 0.2) is 0 Å². The fraction of sp³-hybridized carbons (Fsp3) is 0.571. The summed E-state index contributed by atoms with van der Waals surface area (Å²) in [6, 6.07) is 7.20. The van der Waals surface area contributed by atoms with Gasteiger partial charge in [-0.3, -0.25) is 0 Å². The van der Waals surface area contributed by atoms with Gasteiger partial charge in [0.1, 0.15) is 0 Å². The van der Waals surface area contributed by atoms with Crippen molar-refractivity contribution in [2.75, 3.05) is 6.54 Å². The van der Waals surface area contributed by atoms with Gasteiger partial charge in [0.2, 0.25) is 0 Å². The molecule has 1 N–H and O–H groups in total. The van der Waals surface area contributed by atoms with Crippen molar-refractivity contribution in [3.05, 3.63) is 33.8 Å². The Hall–Kier alpha value is -0.340. The maximum Gasteiger partial charge on any atom is 0.0329 e. The zero-order valence-corrected chi connectivity index (χ0v) is 11.3. The highest BCUT2D eigenvalue weighted by Crippen LogP contribution is 2.43. The summed E-state index contributed by atoms with van der Waals surface area (Å²) in [5.41, 5.74) is 3.04. The van der Waals surface area contributed by atoms with Gasteiger partial charge in [-0.1, -0.05) is 35.0 Å². The van der Waals surface area contributed by atoms with Crippen LogP contribution in [0.1, 0.15) is 49.3 Å². The van der Waals surface area contributed by atoms with Crippen LogP contribution in [0.25, 0.3) is 0 Å². The first-order chi connectivity index (χ1) is 7.75. The summed E-state index contributed by atoms with van der Waals surface area (Å²) < 4.78 is 1.29. The third kappa shape index (κ3) is 1.93. The maximum absolute atomic E-state index is 3.74. The smallest absolute Gasteiger partial charge is 0.0329 e. The fourth-order valence-electron chi connectivity index (χ4n) is 2.80. The van der Waals surface area contributed by atoms with Gasteiger partial charge in [-0.15, -0.1) is 0 Å². The number of hydrogen-bond donors (Lipinski definition) is 1. The van der Waals surface area contributed by atoms with Gasteiger partial charge in [-0.05, 0) is 54.8 Å². The van der Waals surface area contributed by atoms with Crippen LogP contribution < -0.4 is 5.32 Å². The van der Waals surface area contributed by atoms with Crippen LogP contribution in [0.2, 0.25) is 0 Å². The summed E-state index contributed by atoms with van der Waals surface area (Å²) in [4.78, 5) is 0. The highest BCUT2D eigenvalue weighted by molar-refractivity contribution is 9.10. The van der Waals surface area contributed by atoms with Crippen LogP contribution in [0.4, 0.5) is 0 Å².